The molecule has 2 aliphatic rings. The number of nitrogens with one attached hydrogen (secondary N) is 2. The van der Waals surface area contributed by atoms with Crippen molar-refractivity contribution in [1.29, 1.82) is 0 Å². The number of aliphatic imine (C=N–C) groups is 1. The zero-order valence-corrected chi connectivity index (χ0v) is 18.6. The van der Waals surface area contributed by atoms with Gasteiger partial charge in [0.2, 0.25) is 0 Å². The van der Waals surface area contributed by atoms with Crippen LogP contribution >= 0.6 is 24.0 Å². The van der Waals surface area contributed by atoms with E-state index in [0.29, 0.717) is 6.04 Å². The molecule has 1 aromatic carbocycles. The van der Waals surface area contributed by atoms with E-state index >= 15 is 0 Å². The maximum absolute atomic E-state index is 13.3. The lowest BCUT2D eigenvalue weighted by Crippen LogP contribution is -2.46. The Morgan fingerprint density at radius 3 is 2.63 bits per heavy atom. The molecule has 0 bridgehead atoms. The van der Waals surface area contributed by atoms with Gasteiger partial charge in [0.05, 0.1) is 19.3 Å². The molecule has 1 heterocycles. The Bertz CT molecular complexity index is 592. The first-order valence-corrected chi connectivity index (χ1v) is 9.75. The van der Waals surface area contributed by atoms with Crippen molar-refractivity contribution in [2.75, 3.05) is 39.9 Å². The molecule has 0 radical (unpaired) electrons. The highest BCUT2D eigenvalue weighted by Gasteiger charge is 2.36. The lowest BCUT2D eigenvalue weighted by molar-refractivity contribution is 0.0170. The lowest BCUT2D eigenvalue weighted by Gasteiger charge is -2.35. The van der Waals surface area contributed by atoms with Crippen molar-refractivity contribution >= 4 is 29.9 Å². The zero-order chi connectivity index (χ0) is 18.4. The maximum Gasteiger partial charge on any atom is 0.191 e. The van der Waals surface area contributed by atoms with Crippen LogP contribution in [0.3, 0.4) is 0 Å². The molecule has 2 N–H and O–H groups in total. The van der Waals surface area contributed by atoms with E-state index < -0.39 is 0 Å². The molecule has 0 aromatic heterocycles. The van der Waals surface area contributed by atoms with Crippen molar-refractivity contribution in [3.63, 3.8) is 0 Å². The van der Waals surface area contributed by atoms with E-state index in [1.54, 1.807) is 0 Å². The molecule has 1 saturated carbocycles. The van der Waals surface area contributed by atoms with Gasteiger partial charge in [-0.05, 0) is 36.5 Å². The van der Waals surface area contributed by atoms with Crippen molar-refractivity contribution in [3.05, 3.63) is 35.6 Å². The monoisotopic (exact) mass is 490 g/mol. The maximum atomic E-state index is 13.3. The van der Waals surface area contributed by atoms with E-state index in [2.05, 4.69) is 27.4 Å². The third kappa shape index (κ3) is 6.57. The Kier molecular flexibility index (Phi) is 9.25. The van der Waals surface area contributed by atoms with Crippen LogP contribution in [0.4, 0.5) is 4.39 Å². The highest BCUT2D eigenvalue weighted by molar-refractivity contribution is 14.0. The summed E-state index contributed by atoms with van der Waals surface area (Å²) in [6.07, 6.45) is 3.75. The Morgan fingerprint density at radius 1 is 1.30 bits per heavy atom. The number of hydrogen-bond acceptors (Lipinski definition) is 3. The van der Waals surface area contributed by atoms with Crippen LogP contribution in [-0.4, -0.2) is 56.8 Å². The Morgan fingerprint density at radius 2 is 2.00 bits per heavy atom. The van der Waals surface area contributed by atoms with E-state index in [9.17, 15) is 4.39 Å². The number of nitrogens with zero attached hydrogens (tertiary/aromatic N) is 2. The van der Waals surface area contributed by atoms with E-state index in [0.717, 1.165) is 50.3 Å². The van der Waals surface area contributed by atoms with Crippen LogP contribution in [0.15, 0.2) is 29.3 Å². The Balaban J connectivity index is 0.00000261. The van der Waals surface area contributed by atoms with Crippen molar-refractivity contribution in [2.45, 2.75) is 38.3 Å². The summed E-state index contributed by atoms with van der Waals surface area (Å²) < 4.78 is 18.8. The minimum Gasteiger partial charge on any atom is -0.379 e. The molecule has 1 aromatic rings. The van der Waals surface area contributed by atoms with Crippen molar-refractivity contribution in [3.8, 4) is 0 Å². The molecule has 0 amide bonds. The normalized spacial score (nSPS) is 24.0. The van der Waals surface area contributed by atoms with E-state index in [4.69, 9.17) is 4.74 Å². The van der Waals surface area contributed by atoms with Gasteiger partial charge in [-0.1, -0.05) is 25.5 Å². The Hall–Kier alpha value is -0.930. The summed E-state index contributed by atoms with van der Waals surface area (Å²) in [6.45, 7) is 6.22. The molecule has 27 heavy (non-hydrogen) atoms. The molecule has 152 valence electrons. The molecule has 0 spiro atoms. The van der Waals surface area contributed by atoms with Crippen LogP contribution in [0.1, 0.15) is 37.8 Å². The summed E-state index contributed by atoms with van der Waals surface area (Å²) >= 11 is 0. The first-order valence-electron chi connectivity index (χ1n) is 9.75. The predicted octanol–water partition coefficient (Wildman–Crippen LogP) is 3.17. The summed E-state index contributed by atoms with van der Waals surface area (Å²) in [5, 5.41) is 7.01. The molecule has 2 fully saturated rings. The molecule has 7 heteroatoms. The first kappa shape index (κ1) is 22.4. The summed E-state index contributed by atoms with van der Waals surface area (Å²) in [7, 11) is 1.81. The van der Waals surface area contributed by atoms with Gasteiger partial charge < -0.3 is 15.4 Å². The van der Waals surface area contributed by atoms with Crippen LogP contribution in [0.5, 0.6) is 0 Å². The second-order valence-corrected chi connectivity index (χ2v) is 7.20. The van der Waals surface area contributed by atoms with Crippen LogP contribution in [-0.2, 0) is 4.74 Å². The van der Waals surface area contributed by atoms with Gasteiger partial charge in [0.25, 0.3) is 0 Å². The van der Waals surface area contributed by atoms with Gasteiger partial charge >= 0.3 is 0 Å². The summed E-state index contributed by atoms with van der Waals surface area (Å²) in [6, 6.07) is 7.56. The molecular formula is C20H32FIN4O. The molecular weight excluding hydrogens is 458 g/mol. The van der Waals surface area contributed by atoms with Crippen LogP contribution < -0.4 is 10.6 Å². The SMILES string of the molecule is CCCC1CC1NC(=NC)NCC(c1ccc(F)cc1)N1CCOCC1.I. The zero-order valence-electron chi connectivity index (χ0n) is 16.3. The third-order valence-electron chi connectivity index (χ3n) is 5.33. The number of guanidine groups is 1. The highest BCUT2D eigenvalue weighted by Crippen LogP contribution is 2.34. The fraction of sp³-hybridized carbons (Fsp3) is 0.650. The summed E-state index contributed by atoms with van der Waals surface area (Å²) in [5.74, 6) is 1.44. The molecule has 3 atom stereocenters. The van der Waals surface area contributed by atoms with Gasteiger partial charge in [0.15, 0.2) is 5.96 Å². The second-order valence-electron chi connectivity index (χ2n) is 7.20. The molecule has 3 rings (SSSR count). The van der Waals surface area contributed by atoms with E-state index in [1.165, 1.54) is 31.4 Å². The van der Waals surface area contributed by atoms with Gasteiger partial charge in [0, 0.05) is 32.7 Å². The number of rotatable bonds is 7. The number of ether oxygens (including phenoxy) is 1. The van der Waals surface area contributed by atoms with Gasteiger partial charge in [-0.25, -0.2) is 4.39 Å². The lowest BCUT2D eigenvalue weighted by atomic mass is 10.0. The van der Waals surface area contributed by atoms with Crippen LogP contribution in [0, 0.1) is 11.7 Å². The quantitative estimate of drug-likeness (QED) is 0.350. The Labute approximate surface area is 179 Å². The van der Waals surface area contributed by atoms with Gasteiger partial charge in [-0.2, -0.15) is 0 Å². The van der Waals surface area contributed by atoms with Crippen LogP contribution in [0.2, 0.25) is 0 Å². The number of hydrogen-bond donors (Lipinski definition) is 2. The largest absolute Gasteiger partial charge is 0.379 e. The average Bonchev–Trinajstić information content (AvgIpc) is 3.41. The van der Waals surface area contributed by atoms with Crippen molar-refractivity contribution < 1.29 is 9.13 Å². The number of benzene rings is 1. The fourth-order valence-electron chi connectivity index (χ4n) is 3.71. The third-order valence-corrected chi connectivity index (χ3v) is 5.33. The van der Waals surface area contributed by atoms with E-state index in [1.807, 2.05) is 19.2 Å². The molecule has 1 aliphatic carbocycles. The average molecular weight is 490 g/mol. The smallest absolute Gasteiger partial charge is 0.191 e. The summed E-state index contributed by atoms with van der Waals surface area (Å²) in [4.78, 5) is 6.78. The minimum atomic E-state index is -0.199. The van der Waals surface area contributed by atoms with Crippen molar-refractivity contribution in [2.24, 2.45) is 10.9 Å². The topological polar surface area (TPSA) is 48.9 Å². The molecule has 5 nitrogen and oxygen atoms in total. The van der Waals surface area contributed by atoms with E-state index in [-0.39, 0.29) is 35.8 Å². The minimum absolute atomic E-state index is 0. The first-order chi connectivity index (χ1) is 12.7. The predicted molar refractivity (Wildman–Crippen MR) is 118 cm³/mol. The number of morpholine rings is 1. The van der Waals surface area contributed by atoms with Gasteiger partial charge in [-0.15, -0.1) is 24.0 Å². The molecule has 1 aliphatic heterocycles. The molecule has 1 saturated heterocycles. The highest BCUT2D eigenvalue weighted by atomic mass is 127. The van der Waals surface area contributed by atoms with Crippen molar-refractivity contribution in [1.82, 2.24) is 15.5 Å². The number of halogens is 2. The second kappa shape index (κ2) is 11.2. The molecule has 3 unspecified atom stereocenters. The van der Waals surface area contributed by atoms with Gasteiger partial charge in [-0.3, -0.25) is 9.89 Å². The standard InChI is InChI=1S/C20H31FN4O.HI/c1-3-4-16-13-18(16)24-20(22-2)23-14-19(25-9-11-26-12-10-25)15-5-7-17(21)8-6-15;/h5-8,16,18-19H,3-4,9-14H2,1-2H3,(H2,22,23,24);1H. The fourth-order valence-corrected chi connectivity index (χ4v) is 3.71. The van der Waals surface area contributed by atoms with Gasteiger partial charge in [0.1, 0.15) is 5.82 Å². The summed E-state index contributed by atoms with van der Waals surface area (Å²) in [5.41, 5.74) is 1.12. The van der Waals surface area contributed by atoms with Crippen LogP contribution in [0.25, 0.3) is 0 Å².